The molecule has 0 aliphatic carbocycles. The van der Waals surface area contributed by atoms with Crippen molar-refractivity contribution >= 4 is 5.91 Å². The Kier molecular flexibility index (Phi) is 5.09. The van der Waals surface area contributed by atoms with E-state index >= 15 is 0 Å². The van der Waals surface area contributed by atoms with Gasteiger partial charge in [-0.2, -0.15) is 0 Å². The SMILES string of the molecule is CCC(C)NC(=O)Cn1c(C)ccc(CN)c1=O. The molecule has 1 rings (SSSR count). The average molecular weight is 251 g/mol. The van der Waals surface area contributed by atoms with Gasteiger partial charge in [-0.25, -0.2) is 0 Å². The molecule has 1 unspecified atom stereocenters. The number of nitrogens with zero attached hydrogens (tertiary/aromatic N) is 1. The molecule has 0 aliphatic rings. The molecule has 5 nitrogen and oxygen atoms in total. The van der Waals surface area contributed by atoms with Crippen LogP contribution in [0.5, 0.6) is 0 Å². The molecule has 0 spiro atoms. The van der Waals surface area contributed by atoms with Crippen LogP contribution in [-0.2, 0) is 17.9 Å². The van der Waals surface area contributed by atoms with Crippen LogP contribution < -0.4 is 16.6 Å². The van der Waals surface area contributed by atoms with Crippen molar-refractivity contribution in [3.8, 4) is 0 Å². The molecule has 3 N–H and O–H groups in total. The van der Waals surface area contributed by atoms with E-state index < -0.39 is 0 Å². The van der Waals surface area contributed by atoms with Crippen molar-refractivity contribution in [1.82, 2.24) is 9.88 Å². The highest BCUT2D eigenvalue weighted by Crippen LogP contribution is 1.98. The highest BCUT2D eigenvalue weighted by Gasteiger charge is 2.10. The van der Waals surface area contributed by atoms with Crippen LogP contribution in [0.2, 0.25) is 0 Å². The van der Waals surface area contributed by atoms with E-state index in [0.717, 1.165) is 12.1 Å². The maximum absolute atomic E-state index is 12.0. The van der Waals surface area contributed by atoms with Crippen LogP contribution in [0.15, 0.2) is 16.9 Å². The topological polar surface area (TPSA) is 77.1 Å². The van der Waals surface area contributed by atoms with Gasteiger partial charge in [-0.05, 0) is 26.3 Å². The lowest BCUT2D eigenvalue weighted by Crippen LogP contribution is -2.38. The molecule has 1 amide bonds. The van der Waals surface area contributed by atoms with Crippen molar-refractivity contribution in [2.75, 3.05) is 0 Å². The summed E-state index contributed by atoms with van der Waals surface area (Å²) in [7, 11) is 0. The van der Waals surface area contributed by atoms with Gasteiger partial charge in [0.25, 0.3) is 5.56 Å². The molecule has 18 heavy (non-hydrogen) atoms. The van der Waals surface area contributed by atoms with Crippen molar-refractivity contribution in [3.63, 3.8) is 0 Å². The van der Waals surface area contributed by atoms with Crippen LogP contribution in [0, 0.1) is 6.92 Å². The van der Waals surface area contributed by atoms with E-state index in [0.29, 0.717) is 5.56 Å². The van der Waals surface area contributed by atoms with Crippen LogP contribution in [0.4, 0.5) is 0 Å². The standard InChI is InChI=1S/C13H21N3O2/c1-4-9(2)15-12(17)8-16-10(3)5-6-11(7-14)13(16)18/h5-6,9H,4,7-8,14H2,1-3H3,(H,15,17). The third-order valence-corrected chi connectivity index (χ3v) is 3.01. The highest BCUT2D eigenvalue weighted by molar-refractivity contribution is 5.76. The molecule has 100 valence electrons. The van der Waals surface area contributed by atoms with Crippen molar-refractivity contribution in [2.45, 2.75) is 46.3 Å². The number of rotatable bonds is 5. The van der Waals surface area contributed by atoms with E-state index in [1.807, 2.05) is 13.8 Å². The fourth-order valence-electron chi connectivity index (χ4n) is 1.63. The lowest BCUT2D eigenvalue weighted by Gasteiger charge is -2.14. The lowest BCUT2D eigenvalue weighted by molar-refractivity contribution is -0.122. The first kappa shape index (κ1) is 14.4. The summed E-state index contributed by atoms with van der Waals surface area (Å²) in [5.41, 5.74) is 6.59. The molecule has 0 saturated heterocycles. The summed E-state index contributed by atoms with van der Waals surface area (Å²) in [6.07, 6.45) is 0.864. The minimum Gasteiger partial charge on any atom is -0.352 e. The Hall–Kier alpha value is -1.62. The zero-order valence-electron chi connectivity index (χ0n) is 11.2. The predicted octanol–water partition coefficient (Wildman–Crippen LogP) is 0.530. The first-order valence-electron chi connectivity index (χ1n) is 6.18. The van der Waals surface area contributed by atoms with Crippen LogP contribution in [-0.4, -0.2) is 16.5 Å². The zero-order chi connectivity index (χ0) is 13.7. The van der Waals surface area contributed by atoms with E-state index in [1.54, 1.807) is 19.1 Å². The van der Waals surface area contributed by atoms with E-state index in [2.05, 4.69) is 5.32 Å². The molecule has 1 aromatic heterocycles. The number of carbonyl (C=O) groups excluding carboxylic acids is 1. The number of aromatic nitrogens is 1. The predicted molar refractivity (Wildman–Crippen MR) is 71.2 cm³/mol. The molecular weight excluding hydrogens is 230 g/mol. The first-order valence-corrected chi connectivity index (χ1v) is 6.18. The number of nitrogens with two attached hydrogens (primary N) is 1. The molecule has 0 saturated carbocycles. The van der Waals surface area contributed by atoms with Crippen molar-refractivity contribution in [1.29, 1.82) is 0 Å². The Labute approximate surface area is 107 Å². The van der Waals surface area contributed by atoms with E-state index in [4.69, 9.17) is 5.73 Å². The molecule has 0 aliphatic heterocycles. The van der Waals surface area contributed by atoms with Gasteiger partial charge in [-0.1, -0.05) is 13.0 Å². The molecule has 5 heteroatoms. The molecule has 1 aromatic rings. The minimum absolute atomic E-state index is 0.0445. The van der Waals surface area contributed by atoms with E-state index in [1.165, 1.54) is 4.57 Å². The van der Waals surface area contributed by atoms with Gasteiger partial charge in [-0.3, -0.25) is 9.59 Å². The van der Waals surface area contributed by atoms with Gasteiger partial charge in [0.1, 0.15) is 6.54 Å². The van der Waals surface area contributed by atoms with Gasteiger partial charge in [0.15, 0.2) is 0 Å². The zero-order valence-corrected chi connectivity index (χ0v) is 11.2. The number of hydrogen-bond donors (Lipinski definition) is 2. The van der Waals surface area contributed by atoms with Gasteiger partial charge < -0.3 is 15.6 Å². The third-order valence-electron chi connectivity index (χ3n) is 3.01. The van der Waals surface area contributed by atoms with Crippen molar-refractivity contribution < 1.29 is 4.79 Å². The fraction of sp³-hybridized carbons (Fsp3) is 0.538. The fourth-order valence-corrected chi connectivity index (χ4v) is 1.63. The molecular formula is C13H21N3O2. The Balaban J connectivity index is 2.90. The maximum atomic E-state index is 12.0. The second kappa shape index (κ2) is 6.35. The van der Waals surface area contributed by atoms with E-state index in [9.17, 15) is 9.59 Å². The van der Waals surface area contributed by atoms with Crippen LogP contribution >= 0.6 is 0 Å². The number of carbonyl (C=O) groups is 1. The Morgan fingerprint density at radius 2 is 2.17 bits per heavy atom. The van der Waals surface area contributed by atoms with Gasteiger partial charge in [0, 0.05) is 23.8 Å². The summed E-state index contributed by atoms with van der Waals surface area (Å²) in [6, 6.07) is 3.63. The Morgan fingerprint density at radius 1 is 1.50 bits per heavy atom. The summed E-state index contributed by atoms with van der Waals surface area (Å²) in [5.74, 6) is -0.149. The second-order valence-corrected chi connectivity index (χ2v) is 4.47. The molecule has 1 heterocycles. The number of pyridine rings is 1. The normalized spacial score (nSPS) is 12.2. The number of nitrogens with one attached hydrogen (secondary N) is 1. The number of amides is 1. The molecule has 0 bridgehead atoms. The second-order valence-electron chi connectivity index (χ2n) is 4.47. The summed E-state index contributed by atoms with van der Waals surface area (Å²) in [6.45, 7) is 5.97. The monoisotopic (exact) mass is 251 g/mol. The van der Waals surface area contributed by atoms with Gasteiger partial charge in [0.05, 0.1) is 0 Å². The smallest absolute Gasteiger partial charge is 0.255 e. The number of hydrogen-bond acceptors (Lipinski definition) is 3. The molecule has 0 radical (unpaired) electrons. The highest BCUT2D eigenvalue weighted by atomic mass is 16.2. The molecule has 1 atom stereocenters. The third kappa shape index (κ3) is 3.43. The van der Waals surface area contributed by atoms with Gasteiger partial charge in [-0.15, -0.1) is 0 Å². The van der Waals surface area contributed by atoms with Crippen molar-refractivity contribution in [3.05, 3.63) is 33.7 Å². The van der Waals surface area contributed by atoms with Gasteiger partial charge in [0.2, 0.25) is 5.91 Å². The summed E-state index contributed by atoms with van der Waals surface area (Å²) in [5, 5.41) is 2.84. The summed E-state index contributed by atoms with van der Waals surface area (Å²) < 4.78 is 1.46. The number of aryl methyl sites for hydroxylation is 1. The Morgan fingerprint density at radius 3 is 2.72 bits per heavy atom. The van der Waals surface area contributed by atoms with Crippen LogP contribution in [0.3, 0.4) is 0 Å². The van der Waals surface area contributed by atoms with Crippen LogP contribution in [0.1, 0.15) is 31.5 Å². The maximum Gasteiger partial charge on any atom is 0.255 e. The van der Waals surface area contributed by atoms with Crippen LogP contribution in [0.25, 0.3) is 0 Å². The largest absolute Gasteiger partial charge is 0.352 e. The quantitative estimate of drug-likeness (QED) is 0.801. The summed E-state index contributed by atoms with van der Waals surface area (Å²) in [4.78, 5) is 23.8. The average Bonchev–Trinajstić information content (AvgIpc) is 2.34. The van der Waals surface area contributed by atoms with Crippen molar-refractivity contribution in [2.24, 2.45) is 5.73 Å². The first-order chi connectivity index (χ1) is 8.49. The molecule has 0 fully saturated rings. The Bertz CT molecular complexity index is 480. The molecule has 0 aromatic carbocycles. The summed E-state index contributed by atoms with van der Waals surface area (Å²) >= 11 is 0. The lowest BCUT2D eigenvalue weighted by atomic mass is 10.2. The van der Waals surface area contributed by atoms with Gasteiger partial charge >= 0.3 is 0 Å². The van der Waals surface area contributed by atoms with E-state index in [-0.39, 0.29) is 30.6 Å². The minimum atomic E-state index is -0.184.